The number of nitrogens with two attached hydrogens (primary N) is 1. The van der Waals surface area contributed by atoms with Crippen molar-refractivity contribution in [1.29, 1.82) is 0 Å². The molecule has 0 aromatic carbocycles. The SMILES string of the molecule is CCCN(CCCl)P(N)OCc1c(CCCn2ccnc2[N+](=O)[O-])nc([N+](=O)[O-])n1C(C)C. The largest absolute Gasteiger partial charge is 0.435 e. The zero-order valence-electron chi connectivity index (χ0n) is 19.0. The van der Waals surface area contributed by atoms with Crippen molar-refractivity contribution < 1.29 is 14.4 Å². The molecule has 184 valence electrons. The monoisotopic (exact) mass is 504 g/mol. The highest BCUT2D eigenvalue weighted by molar-refractivity contribution is 7.47. The Labute approximate surface area is 198 Å². The van der Waals surface area contributed by atoms with Gasteiger partial charge >= 0.3 is 11.9 Å². The van der Waals surface area contributed by atoms with Crippen LogP contribution >= 0.6 is 20.1 Å². The molecule has 0 aliphatic carbocycles. The number of halogens is 1. The van der Waals surface area contributed by atoms with Crippen LogP contribution in [0.2, 0.25) is 0 Å². The lowest BCUT2D eigenvalue weighted by molar-refractivity contribution is -0.397. The van der Waals surface area contributed by atoms with E-state index in [1.54, 1.807) is 4.57 Å². The third-order valence-corrected chi connectivity index (χ3v) is 6.38. The van der Waals surface area contributed by atoms with Gasteiger partial charge < -0.3 is 24.8 Å². The number of nitrogens with zero attached hydrogens (tertiary/aromatic N) is 7. The fourth-order valence-corrected chi connectivity index (χ4v) is 4.90. The van der Waals surface area contributed by atoms with Crippen LogP contribution in [0, 0.1) is 20.2 Å². The molecule has 2 N–H and O–H groups in total. The zero-order chi connectivity index (χ0) is 24.5. The highest BCUT2D eigenvalue weighted by Crippen LogP contribution is 2.36. The number of alkyl halides is 1. The Morgan fingerprint density at radius 2 is 1.97 bits per heavy atom. The number of aromatic nitrogens is 4. The second kappa shape index (κ2) is 12.9. The quantitative estimate of drug-likeness (QED) is 0.165. The summed E-state index contributed by atoms with van der Waals surface area (Å²) in [5.41, 5.74) is 7.36. The molecule has 1 unspecified atom stereocenters. The van der Waals surface area contributed by atoms with E-state index in [2.05, 4.69) is 9.97 Å². The topological polar surface area (TPSA) is 160 Å². The molecular formula is C18H30ClN8O5P. The Morgan fingerprint density at radius 1 is 1.27 bits per heavy atom. The van der Waals surface area contributed by atoms with Crippen molar-refractivity contribution in [3.63, 3.8) is 0 Å². The smallest absolute Gasteiger partial charge is 0.390 e. The summed E-state index contributed by atoms with van der Waals surface area (Å²) in [7, 11) is -1.43. The molecule has 0 radical (unpaired) electrons. The van der Waals surface area contributed by atoms with Gasteiger partial charge in [-0.1, -0.05) is 16.9 Å². The maximum absolute atomic E-state index is 11.6. The number of imidazole rings is 2. The molecule has 1 atom stereocenters. The van der Waals surface area contributed by atoms with Gasteiger partial charge in [0.2, 0.25) is 0 Å². The minimum absolute atomic E-state index is 0.0598. The summed E-state index contributed by atoms with van der Waals surface area (Å²) in [6, 6.07) is -0.224. The van der Waals surface area contributed by atoms with E-state index in [9.17, 15) is 20.2 Å². The number of aryl methyl sites for hydroxylation is 2. The number of hydrogen-bond acceptors (Lipinski definition) is 9. The zero-order valence-corrected chi connectivity index (χ0v) is 20.6. The van der Waals surface area contributed by atoms with Gasteiger partial charge in [-0.25, -0.2) is 13.8 Å². The molecule has 2 aromatic heterocycles. The van der Waals surface area contributed by atoms with E-state index >= 15 is 0 Å². The molecular weight excluding hydrogens is 475 g/mol. The van der Waals surface area contributed by atoms with Crippen molar-refractivity contribution in [2.75, 3.05) is 19.0 Å². The van der Waals surface area contributed by atoms with Gasteiger partial charge in [0.05, 0.1) is 12.6 Å². The Balaban J connectivity index is 2.22. The first-order chi connectivity index (χ1) is 15.7. The van der Waals surface area contributed by atoms with Crippen molar-refractivity contribution in [1.82, 2.24) is 23.8 Å². The molecule has 2 aromatic rings. The molecule has 13 nitrogen and oxygen atoms in total. The minimum atomic E-state index is -1.43. The first-order valence-electron chi connectivity index (χ1n) is 10.6. The third-order valence-electron chi connectivity index (χ3n) is 4.86. The molecule has 0 saturated heterocycles. The van der Waals surface area contributed by atoms with Crippen LogP contribution in [0.5, 0.6) is 0 Å². The van der Waals surface area contributed by atoms with Gasteiger partial charge in [-0.3, -0.25) is 5.50 Å². The minimum Gasteiger partial charge on any atom is -0.390 e. The second-order valence-electron chi connectivity index (χ2n) is 7.53. The van der Waals surface area contributed by atoms with Crippen LogP contribution in [-0.2, 0) is 24.1 Å². The van der Waals surface area contributed by atoms with E-state index in [1.165, 1.54) is 17.0 Å². The van der Waals surface area contributed by atoms with Crippen LogP contribution in [-0.4, -0.2) is 52.6 Å². The van der Waals surface area contributed by atoms with E-state index in [1.807, 2.05) is 25.4 Å². The molecule has 0 aliphatic heterocycles. The Morgan fingerprint density at radius 3 is 2.55 bits per heavy atom. The molecule has 0 saturated carbocycles. The van der Waals surface area contributed by atoms with Gasteiger partial charge in [-0.05, 0) is 36.5 Å². The lowest BCUT2D eigenvalue weighted by atomic mass is 10.2. The van der Waals surface area contributed by atoms with E-state index in [-0.39, 0.29) is 24.5 Å². The summed E-state index contributed by atoms with van der Waals surface area (Å²) >= 11 is 5.87. The molecule has 2 heterocycles. The highest BCUT2D eigenvalue weighted by Gasteiger charge is 2.30. The summed E-state index contributed by atoms with van der Waals surface area (Å²) < 4.78 is 10.9. The van der Waals surface area contributed by atoms with Crippen molar-refractivity contribution in [3.05, 3.63) is 44.0 Å². The predicted molar refractivity (Wildman–Crippen MR) is 125 cm³/mol. The van der Waals surface area contributed by atoms with Gasteiger partial charge in [-0.2, -0.15) is 0 Å². The molecule has 0 amide bonds. The maximum atomic E-state index is 11.6. The van der Waals surface area contributed by atoms with Gasteiger partial charge in [0.15, 0.2) is 14.1 Å². The van der Waals surface area contributed by atoms with Gasteiger partial charge in [0.1, 0.15) is 24.7 Å². The molecule has 0 bridgehead atoms. The van der Waals surface area contributed by atoms with Gasteiger partial charge in [0, 0.05) is 25.4 Å². The average molecular weight is 505 g/mol. The van der Waals surface area contributed by atoms with Crippen LogP contribution in [0.4, 0.5) is 11.9 Å². The molecule has 0 fully saturated rings. The molecule has 0 spiro atoms. The van der Waals surface area contributed by atoms with Crippen molar-refractivity contribution in [3.8, 4) is 0 Å². The normalized spacial score (nSPS) is 12.6. The second-order valence-corrected chi connectivity index (χ2v) is 9.33. The van der Waals surface area contributed by atoms with E-state index < -0.39 is 18.3 Å². The first-order valence-corrected chi connectivity index (χ1v) is 12.4. The van der Waals surface area contributed by atoms with Crippen molar-refractivity contribution >= 4 is 31.9 Å². The molecule has 2 rings (SSSR count). The predicted octanol–water partition coefficient (Wildman–Crippen LogP) is 3.76. The first kappa shape index (κ1) is 27.1. The number of nitro groups is 2. The summed E-state index contributed by atoms with van der Waals surface area (Å²) in [5.74, 6) is -0.0958. The van der Waals surface area contributed by atoms with Crippen LogP contribution in [0.1, 0.15) is 51.0 Å². The summed E-state index contributed by atoms with van der Waals surface area (Å²) in [5, 5.41) is 22.7. The van der Waals surface area contributed by atoms with Crippen LogP contribution in [0.15, 0.2) is 12.4 Å². The molecule has 15 heteroatoms. The average Bonchev–Trinajstić information content (AvgIpc) is 3.37. The molecule has 0 aliphatic rings. The van der Waals surface area contributed by atoms with Gasteiger partial charge in [0.25, 0.3) is 0 Å². The van der Waals surface area contributed by atoms with Crippen LogP contribution in [0.3, 0.4) is 0 Å². The Hall–Kier alpha value is -2.18. The lowest BCUT2D eigenvalue weighted by Crippen LogP contribution is -2.25. The van der Waals surface area contributed by atoms with Gasteiger partial charge in [-0.15, -0.1) is 11.6 Å². The number of hydrogen-bond donors (Lipinski definition) is 1. The Bertz CT molecular complexity index is 931. The fourth-order valence-electron chi connectivity index (χ4n) is 3.46. The van der Waals surface area contributed by atoms with Crippen LogP contribution < -0.4 is 5.50 Å². The fraction of sp³-hybridized carbons (Fsp3) is 0.667. The van der Waals surface area contributed by atoms with Crippen molar-refractivity contribution in [2.45, 2.75) is 59.2 Å². The van der Waals surface area contributed by atoms with E-state index in [0.29, 0.717) is 43.2 Å². The van der Waals surface area contributed by atoms with E-state index in [0.717, 1.165) is 13.0 Å². The maximum Gasteiger partial charge on any atom is 0.435 e. The van der Waals surface area contributed by atoms with E-state index in [4.69, 9.17) is 21.6 Å². The lowest BCUT2D eigenvalue weighted by Gasteiger charge is -2.26. The third kappa shape index (κ3) is 7.15. The van der Waals surface area contributed by atoms with Crippen molar-refractivity contribution in [2.24, 2.45) is 5.50 Å². The summed E-state index contributed by atoms with van der Waals surface area (Å²) in [6.45, 7) is 7.39. The summed E-state index contributed by atoms with van der Waals surface area (Å²) in [4.78, 5) is 29.6. The molecule has 33 heavy (non-hydrogen) atoms. The van der Waals surface area contributed by atoms with Crippen LogP contribution in [0.25, 0.3) is 0 Å². The summed E-state index contributed by atoms with van der Waals surface area (Å²) in [6.07, 6.45) is 4.62. The highest BCUT2D eigenvalue weighted by atomic mass is 35.5. The number of rotatable bonds is 15. The standard InChI is InChI=1S/C18H30ClN8O5P/c1-4-9-24(11-7-19)33(20)32-13-16-15(22-18(27(30)31)25(16)14(2)3)6-5-10-23-12-8-21-17(23)26(28)29/h8,12,14H,4-7,9-11,13,20H2,1-3H3. The Kier molecular flexibility index (Phi) is 10.6.